The number of likely N-dealkylation sites (tertiary alicyclic amines) is 1. The summed E-state index contributed by atoms with van der Waals surface area (Å²) < 4.78 is 24.5. The molecule has 4 rings (SSSR count). The topological polar surface area (TPSA) is 185 Å². The van der Waals surface area contributed by atoms with Gasteiger partial charge in [-0.05, 0) is 47.8 Å². The number of carbonyl (C=O) groups is 5. The second-order valence-corrected chi connectivity index (χ2v) is 17.3. The molecule has 242 valence electrons. The third-order valence-electron chi connectivity index (χ3n) is 10.0. The average Bonchev–Trinajstić information content (AvgIpc) is 3.72. The van der Waals surface area contributed by atoms with Crippen molar-refractivity contribution in [1.29, 1.82) is 0 Å². The molecule has 0 aromatic rings. The van der Waals surface area contributed by atoms with E-state index in [1.807, 2.05) is 34.6 Å². The Morgan fingerprint density at radius 1 is 1.00 bits per heavy atom. The molecule has 0 aromatic heterocycles. The lowest BCUT2D eigenvalue weighted by molar-refractivity contribution is -0.145. The van der Waals surface area contributed by atoms with Gasteiger partial charge in [0.25, 0.3) is 5.91 Å². The molecule has 2 unspecified atom stereocenters. The lowest BCUT2D eigenvalue weighted by Gasteiger charge is -2.40. The lowest BCUT2D eigenvalue weighted by atomic mass is 9.83. The van der Waals surface area contributed by atoms with Gasteiger partial charge in [0.05, 0.1) is 17.3 Å². The minimum Gasteiger partial charge on any atom is -0.363 e. The third kappa shape index (κ3) is 7.51. The number of nitrogens with one attached hydrogen (secondary N) is 3. The summed E-state index contributed by atoms with van der Waals surface area (Å²) in [5, 5.41) is 8.49. The van der Waals surface area contributed by atoms with Crippen molar-refractivity contribution in [2.75, 3.05) is 18.6 Å². The van der Waals surface area contributed by atoms with Crippen molar-refractivity contribution in [3.8, 4) is 0 Å². The van der Waals surface area contributed by atoms with Crippen molar-refractivity contribution >= 4 is 39.4 Å². The van der Waals surface area contributed by atoms with Crippen molar-refractivity contribution < 1.29 is 32.4 Å². The Balaban J connectivity index is 1.54. The molecule has 0 bridgehead atoms. The van der Waals surface area contributed by atoms with Gasteiger partial charge in [0.2, 0.25) is 17.6 Å². The minimum atomic E-state index is -3.38. The van der Waals surface area contributed by atoms with E-state index >= 15 is 0 Å². The van der Waals surface area contributed by atoms with Crippen molar-refractivity contribution in [1.82, 2.24) is 20.9 Å². The Bertz CT molecular complexity index is 1260. The summed E-state index contributed by atoms with van der Waals surface area (Å²) in [6.07, 6.45) is 6.91. The summed E-state index contributed by atoms with van der Waals surface area (Å²) in [7, 11) is -3.38. The number of hydrogen-bond donors (Lipinski definition) is 4. The fourth-order valence-corrected chi connectivity index (χ4v) is 8.78. The molecule has 5 amide bonds. The first kappa shape index (κ1) is 33.2. The van der Waals surface area contributed by atoms with Crippen LogP contribution >= 0.6 is 0 Å². The zero-order valence-corrected chi connectivity index (χ0v) is 27.1. The highest BCUT2D eigenvalue weighted by Gasteiger charge is 2.70. The van der Waals surface area contributed by atoms with E-state index in [1.54, 1.807) is 0 Å². The Morgan fingerprint density at radius 2 is 1.60 bits per heavy atom. The van der Waals surface area contributed by atoms with Crippen LogP contribution in [0.15, 0.2) is 0 Å². The van der Waals surface area contributed by atoms with E-state index in [2.05, 4.69) is 16.0 Å². The average molecular weight is 624 g/mol. The van der Waals surface area contributed by atoms with Crippen LogP contribution in [-0.2, 0) is 29.0 Å². The normalized spacial score (nSPS) is 27.3. The first-order chi connectivity index (χ1) is 19.8. The summed E-state index contributed by atoms with van der Waals surface area (Å²) in [5.74, 6) is -2.90. The SMILES string of the molecule is CC(C)(C)[C@H](NC(=O)NC1(CS(C)(=O)=O)CCCCC1)C(=O)N1CC2[C@@H]([C@H]1C(=O)NC(CC1CC1)C(=O)C(N)=O)C2(C)C. The molecule has 5 atom stereocenters. The summed E-state index contributed by atoms with van der Waals surface area (Å²) in [6, 6.07) is -3.56. The molecule has 3 saturated carbocycles. The van der Waals surface area contributed by atoms with E-state index in [0.29, 0.717) is 25.8 Å². The highest BCUT2D eigenvalue weighted by molar-refractivity contribution is 7.90. The highest BCUT2D eigenvalue weighted by atomic mass is 32.2. The first-order valence-electron chi connectivity index (χ1n) is 15.5. The van der Waals surface area contributed by atoms with Crippen LogP contribution in [0.1, 0.15) is 86.0 Å². The number of piperidine rings is 1. The van der Waals surface area contributed by atoms with Gasteiger partial charge in [-0.25, -0.2) is 13.2 Å². The maximum atomic E-state index is 14.2. The molecular weight excluding hydrogens is 574 g/mol. The Hall–Kier alpha value is -2.70. The molecule has 0 spiro atoms. The van der Waals surface area contributed by atoms with Gasteiger partial charge in [-0.3, -0.25) is 19.2 Å². The molecule has 13 heteroatoms. The number of rotatable bonds is 11. The van der Waals surface area contributed by atoms with Gasteiger partial charge in [0.1, 0.15) is 21.9 Å². The minimum absolute atomic E-state index is 0.0654. The van der Waals surface area contributed by atoms with Crippen LogP contribution in [0.25, 0.3) is 0 Å². The molecule has 12 nitrogen and oxygen atoms in total. The number of amides is 5. The van der Waals surface area contributed by atoms with Crippen molar-refractivity contribution in [2.24, 2.45) is 34.3 Å². The van der Waals surface area contributed by atoms with Crippen LogP contribution < -0.4 is 21.7 Å². The predicted molar refractivity (Wildman–Crippen MR) is 160 cm³/mol. The van der Waals surface area contributed by atoms with E-state index in [9.17, 15) is 32.4 Å². The summed E-state index contributed by atoms with van der Waals surface area (Å²) >= 11 is 0. The van der Waals surface area contributed by atoms with Crippen molar-refractivity contribution in [2.45, 2.75) is 110 Å². The van der Waals surface area contributed by atoms with Crippen LogP contribution in [0.5, 0.6) is 0 Å². The number of ketones is 1. The smallest absolute Gasteiger partial charge is 0.315 e. The number of fused-ring (bicyclic) bond motifs is 1. The molecule has 0 aromatic carbocycles. The molecule has 4 fully saturated rings. The van der Waals surface area contributed by atoms with E-state index in [4.69, 9.17) is 5.73 Å². The van der Waals surface area contributed by atoms with Crippen molar-refractivity contribution in [3.63, 3.8) is 0 Å². The highest BCUT2D eigenvalue weighted by Crippen LogP contribution is 2.65. The van der Waals surface area contributed by atoms with E-state index < -0.39 is 68.5 Å². The molecule has 1 heterocycles. The zero-order chi connectivity index (χ0) is 32.1. The standard InChI is InChI=1S/C30H49N5O7S/c1-28(2,3)23(33-27(40)34-30(16-43(6,41)42)12-8-7-9-13-30)26(39)35-15-18-20(29(18,4)5)21(35)25(38)32-19(14-17-10-11-17)22(36)24(31)37/h17-21,23H,7-16H2,1-6H3,(H2,31,37)(H,32,38)(H2,33,34,40)/t18?,19?,20-,21-,23+/m0/s1. The van der Waals surface area contributed by atoms with Gasteiger partial charge >= 0.3 is 6.03 Å². The van der Waals surface area contributed by atoms with Gasteiger partial charge in [-0.15, -0.1) is 0 Å². The largest absolute Gasteiger partial charge is 0.363 e. The molecule has 4 aliphatic rings. The number of primary amides is 1. The lowest BCUT2D eigenvalue weighted by Crippen LogP contribution is -2.63. The number of sulfone groups is 1. The Kier molecular flexibility index (Phi) is 9.01. The maximum absolute atomic E-state index is 14.2. The number of carbonyl (C=O) groups excluding carboxylic acids is 5. The molecular formula is C30H49N5O7S. The van der Waals surface area contributed by atoms with Crippen LogP contribution in [0.4, 0.5) is 4.79 Å². The van der Waals surface area contributed by atoms with E-state index in [1.165, 1.54) is 4.90 Å². The Labute approximate surface area is 254 Å². The van der Waals surface area contributed by atoms with E-state index in [0.717, 1.165) is 38.4 Å². The quantitative estimate of drug-likeness (QED) is 0.250. The Morgan fingerprint density at radius 3 is 2.12 bits per heavy atom. The fourth-order valence-electron chi connectivity index (χ4n) is 7.42. The number of urea groups is 1. The molecule has 43 heavy (non-hydrogen) atoms. The van der Waals surface area contributed by atoms with Crippen LogP contribution in [0.3, 0.4) is 0 Å². The van der Waals surface area contributed by atoms with Gasteiger partial charge in [0, 0.05) is 12.8 Å². The maximum Gasteiger partial charge on any atom is 0.315 e. The molecule has 5 N–H and O–H groups in total. The van der Waals surface area contributed by atoms with E-state index in [-0.39, 0.29) is 28.9 Å². The van der Waals surface area contributed by atoms with Crippen LogP contribution in [0.2, 0.25) is 0 Å². The first-order valence-corrected chi connectivity index (χ1v) is 17.5. The number of hydrogen-bond acceptors (Lipinski definition) is 7. The second kappa shape index (κ2) is 11.7. The molecule has 3 aliphatic carbocycles. The fraction of sp³-hybridized carbons (Fsp3) is 0.833. The van der Waals surface area contributed by atoms with Crippen molar-refractivity contribution in [3.05, 3.63) is 0 Å². The summed E-state index contributed by atoms with van der Waals surface area (Å²) in [6.45, 7) is 9.85. The van der Waals surface area contributed by atoms with Gasteiger partial charge in [-0.2, -0.15) is 0 Å². The van der Waals surface area contributed by atoms with Crippen LogP contribution in [-0.4, -0.2) is 85.1 Å². The van der Waals surface area contributed by atoms with Gasteiger partial charge < -0.3 is 26.6 Å². The molecule has 1 aliphatic heterocycles. The second-order valence-electron chi connectivity index (χ2n) is 15.2. The van der Waals surface area contributed by atoms with Gasteiger partial charge in [-0.1, -0.05) is 66.7 Å². The number of Topliss-reactive ketones (excluding diaryl/α,β-unsaturated/α-hetero) is 1. The van der Waals surface area contributed by atoms with Crippen LogP contribution in [0, 0.1) is 28.6 Å². The number of nitrogens with two attached hydrogens (primary N) is 1. The molecule has 0 radical (unpaired) electrons. The monoisotopic (exact) mass is 623 g/mol. The zero-order valence-electron chi connectivity index (χ0n) is 26.3. The summed E-state index contributed by atoms with van der Waals surface area (Å²) in [5.41, 5.74) is 3.43. The number of nitrogens with zero attached hydrogens (tertiary/aromatic N) is 1. The van der Waals surface area contributed by atoms with Gasteiger partial charge in [0.15, 0.2) is 0 Å². The third-order valence-corrected chi connectivity index (χ3v) is 11.1. The summed E-state index contributed by atoms with van der Waals surface area (Å²) in [4.78, 5) is 67.2. The predicted octanol–water partition coefficient (Wildman–Crippen LogP) is 1.27. The molecule has 1 saturated heterocycles.